The molecule has 0 fully saturated rings. The first-order valence-electron chi connectivity index (χ1n) is 8.96. The molecule has 2 unspecified atom stereocenters. The molecule has 0 aliphatic carbocycles. The van der Waals surface area contributed by atoms with Crippen LogP contribution in [0.15, 0.2) is 30.5 Å². The molecule has 1 amide bonds. The molecule has 27 heavy (non-hydrogen) atoms. The van der Waals surface area contributed by atoms with Gasteiger partial charge in [0.2, 0.25) is 0 Å². The van der Waals surface area contributed by atoms with E-state index in [1.807, 2.05) is 13.8 Å². The van der Waals surface area contributed by atoms with Crippen LogP contribution in [0.4, 0.5) is 17.6 Å². The number of pyridine rings is 1. The monoisotopic (exact) mass is 384 g/mol. The summed E-state index contributed by atoms with van der Waals surface area (Å²) in [6.45, 7) is 5.26. The SMILES string of the molecule is CCCC(C)CC(C)(CC(F)(F)F)NC(=O)c1cnc2c(F)cccc2c1. The van der Waals surface area contributed by atoms with Crippen LogP contribution in [0.3, 0.4) is 0 Å². The van der Waals surface area contributed by atoms with Crippen molar-refractivity contribution in [2.45, 2.75) is 58.2 Å². The second kappa shape index (κ2) is 8.23. The van der Waals surface area contributed by atoms with Crippen molar-refractivity contribution in [2.75, 3.05) is 0 Å². The fraction of sp³-hybridized carbons (Fsp3) is 0.500. The van der Waals surface area contributed by atoms with E-state index in [1.54, 1.807) is 6.07 Å². The summed E-state index contributed by atoms with van der Waals surface area (Å²) in [5.41, 5.74) is -1.21. The standard InChI is InChI=1S/C20H24F4N2O/c1-4-6-13(2)10-19(3,12-20(22,23)24)26-18(27)15-9-14-7-5-8-16(21)17(14)25-11-15/h5,7-9,11,13H,4,6,10,12H2,1-3H3,(H,26,27). The van der Waals surface area contributed by atoms with E-state index in [9.17, 15) is 22.4 Å². The lowest BCUT2D eigenvalue weighted by atomic mass is 9.84. The van der Waals surface area contributed by atoms with Crippen LogP contribution in [-0.2, 0) is 0 Å². The first-order chi connectivity index (χ1) is 12.5. The lowest BCUT2D eigenvalue weighted by Crippen LogP contribution is -2.49. The van der Waals surface area contributed by atoms with E-state index in [2.05, 4.69) is 10.3 Å². The van der Waals surface area contributed by atoms with Crippen molar-refractivity contribution in [1.82, 2.24) is 10.3 Å². The average Bonchev–Trinajstić information content (AvgIpc) is 2.52. The fourth-order valence-electron chi connectivity index (χ4n) is 3.57. The summed E-state index contributed by atoms with van der Waals surface area (Å²) in [6, 6.07) is 5.77. The third-order valence-corrected chi connectivity index (χ3v) is 4.51. The highest BCUT2D eigenvalue weighted by molar-refractivity contribution is 5.97. The number of carbonyl (C=O) groups is 1. The molecule has 0 spiro atoms. The second-order valence-corrected chi connectivity index (χ2v) is 7.44. The van der Waals surface area contributed by atoms with E-state index in [4.69, 9.17) is 0 Å². The number of nitrogens with one attached hydrogen (secondary N) is 1. The van der Waals surface area contributed by atoms with Gasteiger partial charge >= 0.3 is 6.18 Å². The molecular weight excluding hydrogens is 360 g/mol. The molecule has 0 saturated heterocycles. The molecule has 2 aromatic rings. The molecule has 2 atom stereocenters. The van der Waals surface area contributed by atoms with Crippen molar-refractivity contribution in [2.24, 2.45) is 5.92 Å². The fourth-order valence-corrected chi connectivity index (χ4v) is 3.57. The van der Waals surface area contributed by atoms with E-state index in [0.717, 1.165) is 12.8 Å². The maximum atomic E-state index is 13.7. The van der Waals surface area contributed by atoms with E-state index < -0.39 is 29.9 Å². The van der Waals surface area contributed by atoms with Crippen molar-refractivity contribution in [1.29, 1.82) is 0 Å². The van der Waals surface area contributed by atoms with Crippen molar-refractivity contribution in [3.05, 3.63) is 41.8 Å². The molecule has 1 aromatic heterocycles. The molecule has 0 aliphatic rings. The van der Waals surface area contributed by atoms with Crippen LogP contribution in [-0.4, -0.2) is 22.6 Å². The highest BCUT2D eigenvalue weighted by atomic mass is 19.4. The van der Waals surface area contributed by atoms with Crippen LogP contribution in [0.2, 0.25) is 0 Å². The second-order valence-electron chi connectivity index (χ2n) is 7.44. The molecular formula is C20H24F4N2O. The van der Waals surface area contributed by atoms with Gasteiger partial charge in [0, 0.05) is 17.1 Å². The third-order valence-electron chi connectivity index (χ3n) is 4.51. The van der Waals surface area contributed by atoms with Gasteiger partial charge in [0.1, 0.15) is 11.3 Å². The summed E-state index contributed by atoms with van der Waals surface area (Å²) in [6.07, 6.45) is -2.49. The summed E-state index contributed by atoms with van der Waals surface area (Å²) < 4.78 is 53.0. The Morgan fingerprint density at radius 1 is 1.30 bits per heavy atom. The number of hydrogen-bond donors (Lipinski definition) is 1. The molecule has 148 valence electrons. The van der Waals surface area contributed by atoms with Crippen LogP contribution in [0.25, 0.3) is 10.9 Å². The number of nitrogens with zero attached hydrogens (tertiary/aromatic N) is 1. The molecule has 1 heterocycles. The lowest BCUT2D eigenvalue weighted by Gasteiger charge is -2.34. The van der Waals surface area contributed by atoms with Gasteiger partial charge in [-0.25, -0.2) is 4.39 Å². The highest BCUT2D eigenvalue weighted by Crippen LogP contribution is 2.33. The maximum Gasteiger partial charge on any atom is 0.391 e. The van der Waals surface area contributed by atoms with Crippen LogP contribution in [0.5, 0.6) is 0 Å². The molecule has 3 nitrogen and oxygen atoms in total. The van der Waals surface area contributed by atoms with Gasteiger partial charge in [-0.15, -0.1) is 0 Å². The van der Waals surface area contributed by atoms with Crippen molar-refractivity contribution >= 4 is 16.8 Å². The first kappa shape index (κ1) is 21.1. The molecule has 0 bridgehead atoms. The third kappa shape index (κ3) is 5.91. The summed E-state index contributed by atoms with van der Waals surface area (Å²) in [4.78, 5) is 16.5. The Hall–Kier alpha value is -2.18. The number of alkyl halides is 3. The number of halogens is 4. The lowest BCUT2D eigenvalue weighted by molar-refractivity contribution is -0.149. The Morgan fingerprint density at radius 2 is 2.00 bits per heavy atom. The van der Waals surface area contributed by atoms with Gasteiger partial charge in [-0.3, -0.25) is 9.78 Å². The Balaban J connectivity index is 2.26. The summed E-state index contributed by atoms with van der Waals surface area (Å²) >= 11 is 0. The number of carbonyl (C=O) groups excluding carboxylic acids is 1. The molecule has 0 radical (unpaired) electrons. The average molecular weight is 384 g/mol. The topological polar surface area (TPSA) is 42.0 Å². The Bertz CT molecular complexity index is 806. The largest absolute Gasteiger partial charge is 0.391 e. The number of amides is 1. The number of para-hydroxylation sites is 1. The minimum atomic E-state index is -4.40. The van der Waals surface area contributed by atoms with Gasteiger partial charge < -0.3 is 5.32 Å². The van der Waals surface area contributed by atoms with Crippen molar-refractivity contribution < 1.29 is 22.4 Å². The van der Waals surface area contributed by atoms with Crippen molar-refractivity contribution in [3.63, 3.8) is 0 Å². The molecule has 7 heteroatoms. The van der Waals surface area contributed by atoms with E-state index in [1.165, 1.54) is 31.3 Å². The predicted octanol–water partition coefficient (Wildman–Crippen LogP) is 5.64. The number of hydrogen-bond acceptors (Lipinski definition) is 2. The van der Waals surface area contributed by atoms with Gasteiger partial charge in [-0.2, -0.15) is 13.2 Å². The molecule has 0 saturated carbocycles. The zero-order valence-corrected chi connectivity index (χ0v) is 15.7. The highest BCUT2D eigenvalue weighted by Gasteiger charge is 2.41. The minimum Gasteiger partial charge on any atom is -0.346 e. The van der Waals surface area contributed by atoms with E-state index in [-0.39, 0.29) is 23.4 Å². The molecule has 0 aliphatic heterocycles. The van der Waals surface area contributed by atoms with Gasteiger partial charge in [0.05, 0.1) is 12.0 Å². The Morgan fingerprint density at radius 3 is 2.63 bits per heavy atom. The summed E-state index contributed by atoms with van der Waals surface area (Å²) in [5.74, 6) is -1.13. The zero-order valence-electron chi connectivity index (χ0n) is 15.7. The molecule has 1 N–H and O–H groups in total. The van der Waals surface area contributed by atoms with Gasteiger partial charge in [-0.05, 0) is 31.4 Å². The number of rotatable bonds is 7. The smallest absolute Gasteiger partial charge is 0.346 e. The summed E-state index contributed by atoms with van der Waals surface area (Å²) in [5, 5.41) is 2.96. The number of aromatic nitrogens is 1. The van der Waals surface area contributed by atoms with Gasteiger partial charge in [0.15, 0.2) is 0 Å². The molecule has 1 aromatic carbocycles. The Kier molecular flexibility index (Phi) is 6.44. The van der Waals surface area contributed by atoms with Gasteiger partial charge in [0.25, 0.3) is 5.91 Å². The van der Waals surface area contributed by atoms with Crippen LogP contribution in [0, 0.1) is 11.7 Å². The molecule has 2 rings (SSSR count). The zero-order chi connectivity index (χ0) is 20.2. The predicted molar refractivity (Wildman–Crippen MR) is 96.9 cm³/mol. The summed E-state index contributed by atoms with van der Waals surface area (Å²) in [7, 11) is 0. The van der Waals surface area contributed by atoms with E-state index in [0.29, 0.717) is 5.39 Å². The van der Waals surface area contributed by atoms with Crippen LogP contribution < -0.4 is 5.32 Å². The van der Waals surface area contributed by atoms with Gasteiger partial charge in [-0.1, -0.05) is 38.8 Å². The van der Waals surface area contributed by atoms with E-state index >= 15 is 0 Å². The number of fused-ring (bicyclic) bond motifs is 1. The van der Waals surface area contributed by atoms with Crippen LogP contribution >= 0.6 is 0 Å². The Labute approximate surface area is 156 Å². The van der Waals surface area contributed by atoms with Crippen molar-refractivity contribution in [3.8, 4) is 0 Å². The number of benzene rings is 1. The maximum absolute atomic E-state index is 13.7. The quantitative estimate of drug-likeness (QED) is 0.628. The minimum absolute atomic E-state index is 0.0338. The normalized spacial score (nSPS) is 15.4. The first-order valence-corrected chi connectivity index (χ1v) is 8.96. The van der Waals surface area contributed by atoms with Crippen LogP contribution in [0.1, 0.15) is 56.8 Å².